The summed E-state index contributed by atoms with van der Waals surface area (Å²) in [4.78, 5) is 25.7. The third kappa shape index (κ3) is 6.35. The van der Waals surface area contributed by atoms with Crippen molar-refractivity contribution in [3.8, 4) is 16.9 Å². The van der Waals surface area contributed by atoms with Crippen molar-refractivity contribution in [1.29, 1.82) is 0 Å². The quantitative estimate of drug-likeness (QED) is 0.472. The Morgan fingerprint density at radius 2 is 1.70 bits per heavy atom. The summed E-state index contributed by atoms with van der Waals surface area (Å²) in [5.74, 6) is -0.252. The van der Waals surface area contributed by atoms with Gasteiger partial charge in [-0.1, -0.05) is 60.2 Å². The molecule has 0 spiro atoms. The number of carbonyl (C=O) groups excluding carboxylic acids is 1. The molecule has 0 saturated heterocycles. The highest BCUT2D eigenvalue weighted by atomic mass is 16.6. The fraction of sp³-hybridized carbons (Fsp3) is 0.259. The minimum atomic E-state index is -0.895. The molecular formula is C27H29NO5. The van der Waals surface area contributed by atoms with E-state index in [4.69, 9.17) is 9.47 Å². The Balaban J connectivity index is 1.89. The molecule has 0 bridgehead atoms. The number of carboxylic acids is 1. The van der Waals surface area contributed by atoms with Crippen molar-refractivity contribution in [2.24, 2.45) is 0 Å². The van der Waals surface area contributed by atoms with Crippen LogP contribution in [-0.2, 0) is 29.1 Å². The number of ether oxygens (including phenoxy) is 2. The van der Waals surface area contributed by atoms with Crippen LogP contribution in [0.2, 0.25) is 0 Å². The van der Waals surface area contributed by atoms with Crippen LogP contribution in [0.15, 0.2) is 66.7 Å². The third-order valence-corrected chi connectivity index (χ3v) is 5.38. The Morgan fingerprint density at radius 3 is 2.36 bits per heavy atom. The van der Waals surface area contributed by atoms with Crippen molar-refractivity contribution in [3.05, 3.63) is 89.0 Å². The molecule has 0 aliphatic rings. The summed E-state index contributed by atoms with van der Waals surface area (Å²) in [6, 6.07) is 20.9. The Morgan fingerprint density at radius 1 is 0.939 bits per heavy atom. The van der Waals surface area contributed by atoms with Gasteiger partial charge in [-0.05, 0) is 48.2 Å². The molecule has 0 aromatic heterocycles. The van der Waals surface area contributed by atoms with Crippen LogP contribution in [0.5, 0.6) is 5.75 Å². The van der Waals surface area contributed by atoms with E-state index in [1.807, 2.05) is 68.4 Å². The number of carboxylic acid groups (broad SMARTS) is 1. The van der Waals surface area contributed by atoms with Gasteiger partial charge in [0.25, 0.3) is 0 Å². The number of aliphatic carboxylic acids is 1. The molecule has 6 heteroatoms. The summed E-state index contributed by atoms with van der Waals surface area (Å²) in [5, 5.41) is 9.20. The summed E-state index contributed by atoms with van der Waals surface area (Å²) in [7, 11) is 1.59. The monoisotopic (exact) mass is 447 g/mol. The Kier molecular flexibility index (Phi) is 8.08. The molecule has 1 amide bonds. The van der Waals surface area contributed by atoms with Gasteiger partial charge in [0.1, 0.15) is 12.4 Å². The standard InChI is InChI=1S/C27H29NO5/c1-4-28(27(31)33-18-20-8-6-5-7-9-20)17-22-14-19(2)10-12-23(22)24-15-21(16-26(29)30)11-13-25(24)32-3/h5-15H,4,16-18H2,1-3H3,(H,29,30). The van der Waals surface area contributed by atoms with Crippen molar-refractivity contribution >= 4 is 12.1 Å². The first-order valence-corrected chi connectivity index (χ1v) is 10.9. The lowest BCUT2D eigenvalue weighted by molar-refractivity contribution is -0.136. The highest BCUT2D eigenvalue weighted by molar-refractivity contribution is 5.77. The number of carbonyl (C=O) groups is 2. The number of methoxy groups -OCH3 is 1. The summed E-state index contributed by atoms with van der Waals surface area (Å²) in [6.45, 7) is 4.95. The van der Waals surface area contributed by atoms with E-state index in [0.29, 0.717) is 24.4 Å². The molecule has 6 nitrogen and oxygen atoms in total. The number of nitrogens with zero attached hydrogens (tertiary/aromatic N) is 1. The molecule has 172 valence electrons. The van der Waals surface area contributed by atoms with Gasteiger partial charge in [0.05, 0.1) is 13.5 Å². The first-order chi connectivity index (χ1) is 15.9. The molecule has 0 fully saturated rings. The molecule has 3 aromatic rings. The molecule has 33 heavy (non-hydrogen) atoms. The zero-order chi connectivity index (χ0) is 23.8. The molecule has 1 N–H and O–H groups in total. The van der Waals surface area contributed by atoms with E-state index < -0.39 is 5.97 Å². The van der Waals surface area contributed by atoms with Crippen molar-refractivity contribution < 1.29 is 24.2 Å². The summed E-state index contributed by atoms with van der Waals surface area (Å²) in [5.41, 5.74) is 5.28. The summed E-state index contributed by atoms with van der Waals surface area (Å²) < 4.78 is 11.1. The number of hydrogen-bond acceptors (Lipinski definition) is 4. The van der Waals surface area contributed by atoms with Crippen molar-refractivity contribution in [1.82, 2.24) is 4.90 Å². The average molecular weight is 448 g/mol. The van der Waals surface area contributed by atoms with Gasteiger partial charge in [-0.2, -0.15) is 0 Å². The van der Waals surface area contributed by atoms with Crippen LogP contribution in [0.4, 0.5) is 4.79 Å². The Bertz CT molecular complexity index is 1110. The lowest BCUT2D eigenvalue weighted by atomic mass is 9.94. The van der Waals surface area contributed by atoms with Gasteiger partial charge in [0, 0.05) is 18.7 Å². The van der Waals surface area contributed by atoms with Crippen molar-refractivity contribution in [2.45, 2.75) is 33.4 Å². The topological polar surface area (TPSA) is 76.1 Å². The van der Waals surface area contributed by atoms with Gasteiger partial charge in [0.15, 0.2) is 0 Å². The summed E-state index contributed by atoms with van der Waals surface area (Å²) >= 11 is 0. The van der Waals surface area contributed by atoms with E-state index in [-0.39, 0.29) is 19.1 Å². The van der Waals surface area contributed by atoms with Crippen molar-refractivity contribution in [3.63, 3.8) is 0 Å². The molecule has 0 unspecified atom stereocenters. The highest BCUT2D eigenvalue weighted by Crippen LogP contribution is 2.34. The normalized spacial score (nSPS) is 10.5. The molecular weight excluding hydrogens is 418 g/mol. The molecule has 0 heterocycles. The fourth-order valence-corrected chi connectivity index (χ4v) is 3.69. The van der Waals surface area contributed by atoms with Crippen LogP contribution in [0, 0.1) is 6.92 Å². The van der Waals surface area contributed by atoms with E-state index in [1.165, 1.54) is 0 Å². The predicted octanol–water partition coefficient (Wildman–Crippen LogP) is 5.46. The number of rotatable bonds is 9. The van der Waals surface area contributed by atoms with Gasteiger partial charge in [-0.3, -0.25) is 4.79 Å². The first-order valence-electron chi connectivity index (χ1n) is 10.9. The van der Waals surface area contributed by atoms with Gasteiger partial charge in [-0.25, -0.2) is 4.79 Å². The smallest absolute Gasteiger partial charge is 0.410 e. The Labute approximate surface area is 194 Å². The molecule has 0 radical (unpaired) electrons. The second-order valence-corrected chi connectivity index (χ2v) is 7.82. The second kappa shape index (κ2) is 11.2. The molecule has 3 rings (SSSR count). The minimum Gasteiger partial charge on any atom is -0.496 e. The molecule has 3 aromatic carbocycles. The van der Waals surface area contributed by atoms with Crippen LogP contribution in [0.3, 0.4) is 0 Å². The highest BCUT2D eigenvalue weighted by Gasteiger charge is 2.18. The minimum absolute atomic E-state index is 0.0783. The lowest BCUT2D eigenvalue weighted by Crippen LogP contribution is -2.31. The number of amides is 1. The van der Waals surface area contributed by atoms with E-state index in [1.54, 1.807) is 24.1 Å². The van der Waals surface area contributed by atoms with E-state index in [0.717, 1.165) is 27.8 Å². The van der Waals surface area contributed by atoms with Crippen LogP contribution in [0.1, 0.15) is 29.2 Å². The zero-order valence-corrected chi connectivity index (χ0v) is 19.2. The molecule has 0 atom stereocenters. The van der Waals surface area contributed by atoms with E-state index in [2.05, 4.69) is 0 Å². The fourth-order valence-electron chi connectivity index (χ4n) is 3.69. The first kappa shape index (κ1) is 23.9. The van der Waals surface area contributed by atoms with Gasteiger partial charge in [0.2, 0.25) is 0 Å². The maximum absolute atomic E-state index is 12.8. The van der Waals surface area contributed by atoms with Gasteiger partial charge in [-0.15, -0.1) is 0 Å². The average Bonchev–Trinajstić information content (AvgIpc) is 2.81. The number of aryl methyl sites for hydroxylation is 1. The molecule has 0 aliphatic carbocycles. The second-order valence-electron chi connectivity index (χ2n) is 7.82. The van der Waals surface area contributed by atoms with Crippen LogP contribution >= 0.6 is 0 Å². The Hall–Kier alpha value is -3.80. The van der Waals surface area contributed by atoms with Crippen LogP contribution in [-0.4, -0.2) is 35.7 Å². The largest absolute Gasteiger partial charge is 0.496 e. The van der Waals surface area contributed by atoms with Gasteiger partial charge >= 0.3 is 12.1 Å². The maximum atomic E-state index is 12.8. The number of benzene rings is 3. The van der Waals surface area contributed by atoms with E-state index >= 15 is 0 Å². The summed E-state index contributed by atoms with van der Waals surface area (Å²) in [6.07, 6.45) is -0.467. The van der Waals surface area contributed by atoms with E-state index in [9.17, 15) is 14.7 Å². The SMILES string of the molecule is CCN(Cc1cc(C)ccc1-c1cc(CC(=O)O)ccc1OC)C(=O)OCc1ccccc1. The number of hydrogen-bond donors (Lipinski definition) is 1. The maximum Gasteiger partial charge on any atom is 0.410 e. The lowest BCUT2D eigenvalue weighted by Gasteiger charge is -2.23. The molecule has 0 aliphatic heterocycles. The van der Waals surface area contributed by atoms with Crippen molar-refractivity contribution in [2.75, 3.05) is 13.7 Å². The zero-order valence-electron chi connectivity index (χ0n) is 19.2. The van der Waals surface area contributed by atoms with Crippen LogP contribution < -0.4 is 4.74 Å². The van der Waals surface area contributed by atoms with Crippen LogP contribution in [0.25, 0.3) is 11.1 Å². The molecule has 0 saturated carbocycles. The third-order valence-electron chi connectivity index (χ3n) is 5.38. The predicted molar refractivity (Wildman–Crippen MR) is 127 cm³/mol. The van der Waals surface area contributed by atoms with Gasteiger partial charge < -0.3 is 19.5 Å².